The summed E-state index contributed by atoms with van der Waals surface area (Å²) in [5.41, 5.74) is 6.41. The highest BCUT2D eigenvalue weighted by atomic mass is 16.5. The van der Waals surface area contributed by atoms with E-state index in [9.17, 15) is 9.90 Å². The van der Waals surface area contributed by atoms with Crippen LogP contribution < -0.4 is 10.5 Å². The summed E-state index contributed by atoms with van der Waals surface area (Å²) in [4.78, 5) is 10.5. The summed E-state index contributed by atoms with van der Waals surface area (Å²) in [5, 5.41) is 17.8. The third-order valence-corrected chi connectivity index (χ3v) is 2.29. The highest BCUT2D eigenvalue weighted by Crippen LogP contribution is 2.13. The Bertz CT molecular complexity index is 350. The van der Waals surface area contributed by atoms with Gasteiger partial charge in [-0.1, -0.05) is 12.1 Å². The highest BCUT2D eigenvalue weighted by Gasteiger charge is 2.22. The van der Waals surface area contributed by atoms with Gasteiger partial charge in [-0.2, -0.15) is 0 Å². The van der Waals surface area contributed by atoms with Crippen molar-refractivity contribution in [2.75, 3.05) is 7.11 Å². The number of ether oxygens (including phenoxy) is 1. The molecule has 0 aliphatic heterocycles. The molecule has 0 aliphatic rings. The van der Waals surface area contributed by atoms with Crippen molar-refractivity contribution in [1.29, 1.82) is 0 Å². The summed E-state index contributed by atoms with van der Waals surface area (Å²) in [6, 6.07) is 6.27. The molecule has 4 N–H and O–H groups in total. The second kappa shape index (κ2) is 5.48. The zero-order valence-corrected chi connectivity index (χ0v) is 8.96. The van der Waals surface area contributed by atoms with Crippen molar-refractivity contribution in [2.24, 2.45) is 5.73 Å². The van der Waals surface area contributed by atoms with Gasteiger partial charge in [-0.3, -0.25) is 0 Å². The number of carboxylic acids is 1. The zero-order chi connectivity index (χ0) is 12.1. The molecule has 1 aromatic rings. The number of aliphatic hydroxyl groups excluding tert-OH is 1. The van der Waals surface area contributed by atoms with Gasteiger partial charge in [-0.25, -0.2) is 4.79 Å². The fourth-order valence-corrected chi connectivity index (χ4v) is 1.33. The Morgan fingerprint density at radius 3 is 2.44 bits per heavy atom. The van der Waals surface area contributed by atoms with Gasteiger partial charge in [0.05, 0.1) is 7.11 Å². The molecule has 0 spiro atoms. The van der Waals surface area contributed by atoms with Crippen LogP contribution in [0.25, 0.3) is 0 Å². The van der Waals surface area contributed by atoms with Crippen LogP contribution in [0.2, 0.25) is 0 Å². The molecule has 0 saturated heterocycles. The summed E-state index contributed by atoms with van der Waals surface area (Å²) < 4.78 is 4.99. The first kappa shape index (κ1) is 12.5. The van der Waals surface area contributed by atoms with Crippen LogP contribution in [-0.2, 0) is 11.2 Å². The Kier molecular flexibility index (Phi) is 4.28. The molecule has 16 heavy (non-hydrogen) atoms. The number of nitrogens with two attached hydrogens (primary N) is 1. The molecule has 1 rings (SSSR count). The highest BCUT2D eigenvalue weighted by molar-refractivity contribution is 5.72. The molecule has 5 heteroatoms. The van der Waals surface area contributed by atoms with E-state index in [1.807, 2.05) is 0 Å². The smallest absolute Gasteiger partial charge is 0.334 e. The van der Waals surface area contributed by atoms with Crippen molar-refractivity contribution >= 4 is 5.97 Å². The van der Waals surface area contributed by atoms with Gasteiger partial charge in [0.2, 0.25) is 0 Å². The summed E-state index contributed by atoms with van der Waals surface area (Å²) in [5.74, 6) is -0.586. The summed E-state index contributed by atoms with van der Waals surface area (Å²) in [6.45, 7) is 0. The minimum absolute atomic E-state index is 0.303. The summed E-state index contributed by atoms with van der Waals surface area (Å²) in [7, 11) is 1.56. The van der Waals surface area contributed by atoms with Gasteiger partial charge in [0.25, 0.3) is 0 Å². The van der Waals surface area contributed by atoms with E-state index in [4.69, 9.17) is 15.6 Å². The predicted octanol–water partition coefficient (Wildman–Crippen LogP) is 0.0105. The van der Waals surface area contributed by atoms with Gasteiger partial charge in [-0.05, 0) is 24.1 Å². The number of hydrogen-bond donors (Lipinski definition) is 3. The fourth-order valence-electron chi connectivity index (χ4n) is 1.33. The molecule has 1 aromatic carbocycles. The number of rotatable bonds is 5. The quantitative estimate of drug-likeness (QED) is 0.656. The molecule has 0 aliphatic carbocycles. The molecule has 0 amide bonds. The minimum Gasteiger partial charge on any atom is -0.497 e. The molecule has 0 heterocycles. The number of aliphatic carboxylic acids is 1. The topological polar surface area (TPSA) is 92.8 Å². The molecular formula is C11H15NO4. The van der Waals surface area contributed by atoms with Crippen LogP contribution in [0.15, 0.2) is 24.3 Å². The minimum atomic E-state index is -1.54. The molecule has 0 saturated carbocycles. The number of carboxylic acid groups (broad SMARTS) is 1. The van der Waals surface area contributed by atoms with Crippen LogP contribution in [0.5, 0.6) is 5.75 Å². The molecule has 0 radical (unpaired) electrons. The lowest BCUT2D eigenvalue weighted by Crippen LogP contribution is -2.41. The third kappa shape index (κ3) is 3.22. The molecule has 0 fully saturated rings. The average Bonchev–Trinajstić information content (AvgIpc) is 2.28. The van der Waals surface area contributed by atoms with E-state index in [1.54, 1.807) is 31.4 Å². The van der Waals surface area contributed by atoms with Gasteiger partial charge in [0.1, 0.15) is 5.75 Å². The van der Waals surface area contributed by atoms with Gasteiger partial charge in [-0.15, -0.1) is 0 Å². The van der Waals surface area contributed by atoms with Crippen LogP contribution >= 0.6 is 0 Å². The number of carbonyl (C=O) groups is 1. The Morgan fingerprint density at radius 2 is 2.00 bits per heavy atom. The van der Waals surface area contributed by atoms with Gasteiger partial charge < -0.3 is 20.7 Å². The number of methoxy groups -OCH3 is 1. The van der Waals surface area contributed by atoms with Crippen LogP contribution in [0, 0.1) is 0 Å². The Morgan fingerprint density at radius 1 is 1.44 bits per heavy atom. The molecule has 0 unspecified atom stereocenters. The lowest BCUT2D eigenvalue weighted by atomic mass is 10.0. The second-order valence-electron chi connectivity index (χ2n) is 3.50. The van der Waals surface area contributed by atoms with Crippen molar-refractivity contribution in [3.63, 3.8) is 0 Å². The van der Waals surface area contributed by atoms with Crippen molar-refractivity contribution in [2.45, 2.75) is 18.6 Å². The first-order valence-electron chi connectivity index (χ1n) is 4.84. The summed E-state index contributed by atoms with van der Waals surface area (Å²) >= 11 is 0. The van der Waals surface area contributed by atoms with E-state index < -0.39 is 18.1 Å². The van der Waals surface area contributed by atoms with E-state index in [-0.39, 0.29) is 0 Å². The fraction of sp³-hybridized carbons (Fsp3) is 0.364. The van der Waals surface area contributed by atoms with Crippen molar-refractivity contribution in [3.8, 4) is 5.75 Å². The maximum atomic E-state index is 10.5. The first-order chi connectivity index (χ1) is 7.54. The second-order valence-corrected chi connectivity index (χ2v) is 3.50. The van der Waals surface area contributed by atoms with Crippen molar-refractivity contribution < 1.29 is 19.7 Å². The van der Waals surface area contributed by atoms with E-state index in [0.29, 0.717) is 6.42 Å². The molecule has 0 bridgehead atoms. The number of benzene rings is 1. The maximum Gasteiger partial charge on any atom is 0.334 e. The lowest BCUT2D eigenvalue weighted by molar-refractivity contribution is -0.147. The van der Waals surface area contributed by atoms with E-state index in [2.05, 4.69) is 0 Å². The lowest BCUT2D eigenvalue weighted by Gasteiger charge is -2.14. The molecule has 2 atom stereocenters. The number of hydrogen-bond acceptors (Lipinski definition) is 4. The average molecular weight is 225 g/mol. The normalized spacial score (nSPS) is 14.2. The van der Waals surface area contributed by atoms with Gasteiger partial charge in [0, 0.05) is 6.04 Å². The third-order valence-electron chi connectivity index (χ3n) is 2.29. The van der Waals surface area contributed by atoms with Crippen LogP contribution in [0.1, 0.15) is 5.56 Å². The Hall–Kier alpha value is -1.59. The van der Waals surface area contributed by atoms with Gasteiger partial charge >= 0.3 is 5.97 Å². The molecular weight excluding hydrogens is 210 g/mol. The molecule has 88 valence electrons. The zero-order valence-electron chi connectivity index (χ0n) is 8.96. The first-order valence-corrected chi connectivity index (χ1v) is 4.84. The summed E-state index contributed by atoms with van der Waals surface area (Å²) in [6.07, 6.45) is -1.24. The van der Waals surface area contributed by atoms with Crippen LogP contribution in [0.3, 0.4) is 0 Å². The number of aliphatic hydroxyl groups is 1. The standard InChI is InChI=1S/C11H15NO4/c1-16-8-4-2-7(3-5-8)6-9(12)10(13)11(14)15/h2-5,9-10,13H,6,12H2,1H3,(H,14,15)/t9-,10-/m1/s1. The van der Waals surface area contributed by atoms with Crippen LogP contribution in [-0.4, -0.2) is 35.4 Å². The molecule has 5 nitrogen and oxygen atoms in total. The Balaban J connectivity index is 2.62. The predicted molar refractivity (Wildman–Crippen MR) is 58.3 cm³/mol. The van der Waals surface area contributed by atoms with Crippen molar-refractivity contribution in [3.05, 3.63) is 29.8 Å². The molecule has 0 aromatic heterocycles. The SMILES string of the molecule is COc1ccc(C[C@@H](N)[C@@H](O)C(=O)O)cc1. The Labute approximate surface area is 93.5 Å². The van der Waals surface area contributed by atoms with Gasteiger partial charge in [0.15, 0.2) is 6.10 Å². The maximum absolute atomic E-state index is 10.5. The van der Waals surface area contributed by atoms with E-state index in [1.165, 1.54) is 0 Å². The van der Waals surface area contributed by atoms with E-state index >= 15 is 0 Å². The van der Waals surface area contributed by atoms with Crippen LogP contribution in [0.4, 0.5) is 0 Å². The monoisotopic (exact) mass is 225 g/mol. The largest absolute Gasteiger partial charge is 0.497 e. The van der Waals surface area contributed by atoms with E-state index in [0.717, 1.165) is 11.3 Å². The van der Waals surface area contributed by atoms with Crippen molar-refractivity contribution in [1.82, 2.24) is 0 Å².